The summed E-state index contributed by atoms with van der Waals surface area (Å²) < 4.78 is 5.12. The molecule has 0 spiro atoms. The average Bonchev–Trinajstić information content (AvgIpc) is 2.72. The molecule has 0 radical (unpaired) electrons. The molecule has 2 aromatic carbocycles. The van der Waals surface area contributed by atoms with Crippen LogP contribution in [-0.4, -0.2) is 53.9 Å². The Morgan fingerprint density at radius 1 is 1.18 bits per heavy atom. The van der Waals surface area contributed by atoms with E-state index in [-0.39, 0.29) is 23.2 Å². The first-order valence-electron chi connectivity index (χ1n) is 9.02. The van der Waals surface area contributed by atoms with Gasteiger partial charge in [0.05, 0.1) is 12.0 Å². The van der Waals surface area contributed by atoms with Gasteiger partial charge in [0.2, 0.25) is 0 Å². The summed E-state index contributed by atoms with van der Waals surface area (Å²) >= 11 is 6.31. The summed E-state index contributed by atoms with van der Waals surface area (Å²) in [6, 6.07) is 12.1. The number of benzene rings is 2. The zero-order valence-electron chi connectivity index (χ0n) is 15.8. The highest BCUT2D eigenvalue weighted by molar-refractivity contribution is 6.31. The predicted octanol–water partition coefficient (Wildman–Crippen LogP) is 3.78. The van der Waals surface area contributed by atoms with Crippen molar-refractivity contribution in [2.75, 3.05) is 33.3 Å². The molecule has 1 atom stereocenters. The van der Waals surface area contributed by atoms with Gasteiger partial charge < -0.3 is 9.64 Å². The van der Waals surface area contributed by atoms with Gasteiger partial charge in [-0.15, -0.1) is 0 Å². The molecule has 3 rings (SSSR count). The summed E-state index contributed by atoms with van der Waals surface area (Å²) in [6.07, 6.45) is 0. The Bertz CT molecular complexity index is 882. The molecule has 1 amide bonds. The van der Waals surface area contributed by atoms with Gasteiger partial charge in [-0.1, -0.05) is 29.8 Å². The number of amides is 1. The van der Waals surface area contributed by atoms with E-state index in [2.05, 4.69) is 11.8 Å². The van der Waals surface area contributed by atoms with Gasteiger partial charge in [-0.05, 0) is 30.7 Å². The third kappa shape index (κ3) is 4.10. The Balaban J connectivity index is 1.72. The Morgan fingerprint density at radius 2 is 1.86 bits per heavy atom. The average molecular weight is 404 g/mol. The molecule has 1 aliphatic heterocycles. The number of piperazine rings is 1. The fourth-order valence-electron chi connectivity index (χ4n) is 3.47. The van der Waals surface area contributed by atoms with Crippen molar-refractivity contribution in [2.24, 2.45) is 0 Å². The number of halogens is 1. The molecule has 0 aliphatic carbocycles. The van der Waals surface area contributed by atoms with Gasteiger partial charge >= 0.3 is 0 Å². The number of hydrogen-bond acceptors (Lipinski definition) is 5. The second-order valence-electron chi connectivity index (χ2n) is 6.67. The number of nitrogens with zero attached hydrogens (tertiary/aromatic N) is 3. The highest BCUT2D eigenvalue weighted by atomic mass is 35.5. The summed E-state index contributed by atoms with van der Waals surface area (Å²) in [6.45, 7) is 4.39. The second kappa shape index (κ2) is 8.58. The van der Waals surface area contributed by atoms with E-state index in [0.29, 0.717) is 31.9 Å². The quantitative estimate of drug-likeness (QED) is 0.561. The van der Waals surface area contributed by atoms with E-state index in [0.717, 1.165) is 10.6 Å². The van der Waals surface area contributed by atoms with Crippen LogP contribution in [0.4, 0.5) is 5.69 Å². The summed E-state index contributed by atoms with van der Waals surface area (Å²) in [4.78, 5) is 27.6. The molecule has 28 heavy (non-hydrogen) atoms. The summed E-state index contributed by atoms with van der Waals surface area (Å²) in [5, 5.41) is 12.0. The van der Waals surface area contributed by atoms with Crippen LogP contribution < -0.4 is 4.74 Å². The van der Waals surface area contributed by atoms with Gasteiger partial charge in [-0.3, -0.25) is 19.8 Å². The zero-order chi connectivity index (χ0) is 20.3. The molecule has 8 heteroatoms. The van der Waals surface area contributed by atoms with Crippen molar-refractivity contribution >= 4 is 23.2 Å². The van der Waals surface area contributed by atoms with Gasteiger partial charge in [0.1, 0.15) is 11.3 Å². The molecular weight excluding hydrogens is 382 g/mol. The fourth-order valence-corrected chi connectivity index (χ4v) is 3.76. The van der Waals surface area contributed by atoms with E-state index in [1.54, 1.807) is 4.90 Å². The minimum Gasteiger partial charge on any atom is -0.497 e. The van der Waals surface area contributed by atoms with E-state index in [4.69, 9.17) is 16.3 Å². The number of ether oxygens (including phenoxy) is 1. The minimum atomic E-state index is -0.539. The van der Waals surface area contributed by atoms with Crippen LogP contribution in [-0.2, 0) is 0 Å². The number of rotatable bonds is 5. The first kappa shape index (κ1) is 20.1. The number of methoxy groups -OCH3 is 1. The van der Waals surface area contributed by atoms with Crippen molar-refractivity contribution in [3.05, 3.63) is 68.7 Å². The number of nitro groups is 1. The van der Waals surface area contributed by atoms with Gasteiger partial charge in [0.15, 0.2) is 0 Å². The van der Waals surface area contributed by atoms with Crippen LogP contribution in [0.3, 0.4) is 0 Å². The first-order valence-corrected chi connectivity index (χ1v) is 9.40. The van der Waals surface area contributed by atoms with Crippen LogP contribution in [0.5, 0.6) is 5.75 Å². The van der Waals surface area contributed by atoms with Gasteiger partial charge in [-0.2, -0.15) is 0 Å². The second-order valence-corrected chi connectivity index (χ2v) is 7.07. The molecule has 0 aromatic heterocycles. The normalized spacial score (nSPS) is 15.9. The van der Waals surface area contributed by atoms with Crippen molar-refractivity contribution < 1.29 is 14.5 Å². The maximum Gasteiger partial charge on any atom is 0.282 e. The lowest BCUT2D eigenvalue weighted by molar-refractivity contribution is -0.385. The lowest BCUT2D eigenvalue weighted by atomic mass is 10.1. The monoisotopic (exact) mass is 403 g/mol. The molecule has 1 heterocycles. The van der Waals surface area contributed by atoms with E-state index in [1.165, 1.54) is 25.3 Å². The molecule has 1 fully saturated rings. The molecule has 7 nitrogen and oxygen atoms in total. The third-order valence-corrected chi connectivity index (χ3v) is 5.48. The van der Waals surface area contributed by atoms with Gasteiger partial charge in [0.25, 0.3) is 11.6 Å². The third-order valence-electron chi connectivity index (χ3n) is 5.14. The molecular formula is C20H22ClN3O4. The van der Waals surface area contributed by atoms with E-state index >= 15 is 0 Å². The SMILES string of the molecule is COc1ccc([N+](=O)[O-])c(C(=O)N2CCN(C(C)c3ccccc3Cl)CC2)c1. The van der Waals surface area contributed by atoms with E-state index in [1.807, 2.05) is 24.3 Å². The maximum atomic E-state index is 12.9. The standard InChI is InChI=1S/C20H22ClN3O4/c1-14(16-5-3-4-6-18(16)21)22-9-11-23(12-10-22)20(25)17-13-15(28-2)7-8-19(17)24(26)27/h3-8,13-14H,9-12H2,1-2H3. The van der Waals surface area contributed by atoms with Gasteiger partial charge in [-0.25, -0.2) is 0 Å². The van der Waals surface area contributed by atoms with Crippen LogP contribution in [0.1, 0.15) is 28.9 Å². The molecule has 1 aliphatic rings. The van der Waals surface area contributed by atoms with E-state index in [9.17, 15) is 14.9 Å². The number of carbonyl (C=O) groups excluding carboxylic acids is 1. The smallest absolute Gasteiger partial charge is 0.282 e. The molecule has 0 N–H and O–H groups in total. The van der Waals surface area contributed by atoms with Crippen molar-refractivity contribution in [2.45, 2.75) is 13.0 Å². The van der Waals surface area contributed by atoms with Crippen LogP contribution in [0, 0.1) is 10.1 Å². The summed E-state index contributed by atoms with van der Waals surface area (Å²) in [7, 11) is 1.46. The predicted molar refractivity (Wildman–Crippen MR) is 107 cm³/mol. The lowest BCUT2D eigenvalue weighted by Crippen LogP contribution is -2.49. The maximum absolute atomic E-state index is 12.9. The minimum absolute atomic E-state index is 0.0527. The largest absolute Gasteiger partial charge is 0.497 e. The van der Waals surface area contributed by atoms with Crippen LogP contribution in [0.15, 0.2) is 42.5 Å². The van der Waals surface area contributed by atoms with Gasteiger partial charge in [0, 0.05) is 43.3 Å². The molecule has 0 saturated carbocycles. The van der Waals surface area contributed by atoms with Crippen LogP contribution in [0.25, 0.3) is 0 Å². The highest BCUT2D eigenvalue weighted by Crippen LogP contribution is 2.29. The summed E-state index contributed by atoms with van der Waals surface area (Å²) in [5.41, 5.74) is 0.891. The zero-order valence-corrected chi connectivity index (χ0v) is 16.6. The Kier molecular flexibility index (Phi) is 6.16. The number of carbonyl (C=O) groups is 1. The van der Waals surface area contributed by atoms with Crippen molar-refractivity contribution in [1.29, 1.82) is 0 Å². The Hall–Kier alpha value is -2.64. The molecule has 2 aromatic rings. The topological polar surface area (TPSA) is 75.9 Å². The number of hydrogen-bond donors (Lipinski definition) is 0. The van der Waals surface area contributed by atoms with Crippen LogP contribution >= 0.6 is 11.6 Å². The van der Waals surface area contributed by atoms with E-state index < -0.39 is 4.92 Å². The highest BCUT2D eigenvalue weighted by Gasteiger charge is 2.30. The van der Waals surface area contributed by atoms with Crippen molar-refractivity contribution in [1.82, 2.24) is 9.80 Å². The number of nitro benzene ring substituents is 1. The van der Waals surface area contributed by atoms with Crippen LogP contribution in [0.2, 0.25) is 5.02 Å². The molecule has 1 saturated heterocycles. The Morgan fingerprint density at radius 3 is 2.46 bits per heavy atom. The fraction of sp³-hybridized carbons (Fsp3) is 0.350. The molecule has 0 bridgehead atoms. The summed E-state index contributed by atoms with van der Waals surface area (Å²) in [5.74, 6) is 0.0653. The molecule has 148 valence electrons. The first-order chi connectivity index (χ1) is 13.4. The van der Waals surface area contributed by atoms with Crippen molar-refractivity contribution in [3.63, 3.8) is 0 Å². The molecule has 1 unspecified atom stereocenters. The lowest BCUT2D eigenvalue weighted by Gasteiger charge is -2.38. The van der Waals surface area contributed by atoms with Crippen molar-refractivity contribution in [3.8, 4) is 5.75 Å². The Labute approximate surface area is 168 Å².